The molecule has 3 aromatic rings. The fraction of sp³-hybridized carbons (Fsp3) is 0.118. The minimum Gasteiger partial charge on any atom is -0.318 e. The number of halogens is 2. The highest BCUT2D eigenvalue weighted by molar-refractivity contribution is 6.03. The molecule has 3 rings (SSSR count). The van der Waals surface area contributed by atoms with Gasteiger partial charge in [-0.2, -0.15) is 0 Å². The molecule has 0 unspecified atom stereocenters. The summed E-state index contributed by atoms with van der Waals surface area (Å²) in [5.74, 6) is -2.18. The maximum atomic E-state index is 13.6. The first-order valence-electron chi connectivity index (χ1n) is 7.21. The van der Waals surface area contributed by atoms with E-state index in [-0.39, 0.29) is 11.4 Å². The van der Waals surface area contributed by atoms with Gasteiger partial charge >= 0.3 is 0 Å². The van der Waals surface area contributed by atoms with Crippen molar-refractivity contribution in [3.63, 3.8) is 0 Å². The third kappa shape index (κ3) is 3.01. The molecule has 1 N–H and O–H groups in total. The van der Waals surface area contributed by atoms with Crippen molar-refractivity contribution in [2.24, 2.45) is 0 Å². The molecule has 1 aromatic heterocycles. The molecule has 1 heterocycles. The number of carbonyl (C=O) groups excluding carboxylic acids is 1. The molecule has 24 heavy (non-hydrogen) atoms. The van der Waals surface area contributed by atoms with Gasteiger partial charge in [-0.05, 0) is 43.7 Å². The van der Waals surface area contributed by atoms with Gasteiger partial charge in [-0.15, -0.1) is 5.10 Å². The lowest BCUT2D eigenvalue weighted by Gasteiger charge is -2.06. The third-order valence-corrected chi connectivity index (χ3v) is 3.54. The van der Waals surface area contributed by atoms with Crippen LogP contribution in [0.1, 0.15) is 21.7 Å². The lowest BCUT2D eigenvalue weighted by molar-refractivity contribution is 0.102. The van der Waals surface area contributed by atoms with Gasteiger partial charge in [0.05, 0.1) is 17.1 Å². The van der Waals surface area contributed by atoms with Gasteiger partial charge in [0.25, 0.3) is 5.91 Å². The highest BCUT2D eigenvalue weighted by Crippen LogP contribution is 2.18. The van der Waals surface area contributed by atoms with Crippen molar-refractivity contribution in [2.45, 2.75) is 13.8 Å². The average molecular weight is 328 g/mol. The van der Waals surface area contributed by atoms with E-state index in [9.17, 15) is 13.6 Å². The van der Waals surface area contributed by atoms with Gasteiger partial charge in [-0.1, -0.05) is 17.3 Å². The molecule has 0 spiro atoms. The van der Waals surface area contributed by atoms with Crippen LogP contribution in [0.5, 0.6) is 0 Å². The van der Waals surface area contributed by atoms with E-state index in [0.717, 1.165) is 23.4 Å². The Labute approximate surface area is 136 Å². The number of amides is 1. The molecule has 2 aromatic carbocycles. The maximum Gasteiger partial charge on any atom is 0.278 e. The lowest BCUT2D eigenvalue weighted by atomic mass is 10.2. The highest BCUT2D eigenvalue weighted by atomic mass is 19.1. The van der Waals surface area contributed by atoms with E-state index in [1.165, 1.54) is 4.68 Å². The van der Waals surface area contributed by atoms with Crippen molar-refractivity contribution < 1.29 is 13.6 Å². The van der Waals surface area contributed by atoms with Crippen LogP contribution < -0.4 is 5.32 Å². The minimum atomic E-state index is -0.855. The quantitative estimate of drug-likeness (QED) is 0.801. The Morgan fingerprint density at radius 1 is 1.12 bits per heavy atom. The zero-order valence-electron chi connectivity index (χ0n) is 13.0. The van der Waals surface area contributed by atoms with Crippen LogP contribution in [-0.2, 0) is 0 Å². The van der Waals surface area contributed by atoms with Crippen LogP contribution in [0, 0.1) is 25.5 Å². The van der Waals surface area contributed by atoms with Crippen molar-refractivity contribution in [1.82, 2.24) is 15.0 Å². The van der Waals surface area contributed by atoms with Crippen LogP contribution in [0.15, 0.2) is 42.5 Å². The molecule has 0 aliphatic carbocycles. The van der Waals surface area contributed by atoms with Gasteiger partial charge in [0.2, 0.25) is 0 Å². The zero-order valence-corrected chi connectivity index (χ0v) is 13.0. The summed E-state index contributed by atoms with van der Waals surface area (Å²) >= 11 is 0. The minimum absolute atomic E-state index is 0.0697. The standard InChI is InChI=1S/C17H14F2N4O/c1-10-4-3-5-13(8-10)23-11(2)16(21-22-23)17(24)20-15-7-6-12(18)9-14(15)19/h3-9H,1-2H3,(H,20,24). The number of hydrogen-bond donors (Lipinski definition) is 1. The smallest absolute Gasteiger partial charge is 0.278 e. The van der Waals surface area contributed by atoms with Crippen LogP contribution >= 0.6 is 0 Å². The van der Waals surface area contributed by atoms with Gasteiger partial charge in [-0.3, -0.25) is 4.79 Å². The molecule has 0 radical (unpaired) electrons. The number of rotatable bonds is 3. The number of nitrogens with zero attached hydrogens (tertiary/aromatic N) is 3. The molecule has 0 aliphatic heterocycles. The molecule has 0 saturated heterocycles. The number of aromatic nitrogens is 3. The second-order valence-corrected chi connectivity index (χ2v) is 5.35. The van der Waals surface area contributed by atoms with Gasteiger partial charge < -0.3 is 5.32 Å². The monoisotopic (exact) mass is 328 g/mol. The second-order valence-electron chi connectivity index (χ2n) is 5.35. The van der Waals surface area contributed by atoms with Crippen LogP contribution in [0.3, 0.4) is 0 Å². The Morgan fingerprint density at radius 3 is 2.62 bits per heavy atom. The van der Waals surface area contributed by atoms with E-state index in [0.29, 0.717) is 11.8 Å². The molecular formula is C17H14F2N4O. The maximum absolute atomic E-state index is 13.6. The molecule has 0 fully saturated rings. The number of anilines is 1. The lowest BCUT2D eigenvalue weighted by Crippen LogP contribution is -2.15. The first kappa shape index (κ1) is 15.8. The summed E-state index contributed by atoms with van der Waals surface area (Å²) in [6.07, 6.45) is 0. The fourth-order valence-corrected chi connectivity index (χ4v) is 2.32. The van der Waals surface area contributed by atoms with Crippen LogP contribution in [0.2, 0.25) is 0 Å². The SMILES string of the molecule is Cc1cccc(-n2nnc(C(=O)Nc3ccc(F)cc3F)c2C)c1. The Morgan fingerprint density at radius 2 is 1.92 bits per heavy atom. The van der Waals surface area contributed by atoms with E-state index in [1.807, 2.05) is 31.2 Å². The van der Waals surface area contributed by atoms with Crippen LogP contribution in [0.25, 0.3) is 5.69 Å². The van der Waals surface area contributed by atoms with Crippen molar-refractivity contribution in [1.29, 1.82) is 0 Å². The predicted molar refractivity (Wildman–Crippen MR) is 85.1 cm³/mol. The van der Waals surface area contributed by atoms with Crippen LogP contribution in [0.4, 0.5) is 14.5 Å². The van der Waals surface area contributed by atoms with Crippen molar-refractivity contribution >= 4 is 11.6 Å². The van der Waals surface area contributed by atoms with Gasteiger partial charge in [0.1, 0.15) is 11.6 Å². The summed E-state index contributed by atoms with van der Waals surface area (Å²) in [6.45, 7) is 3.64. The molecule has 5 nitrogen and oxygen atoms in total. The van der Waals surface area contributed by atoms with E-state index >= 15 is 0 Å². The Kier molecular flexibility index (Phi) is 4.07. The molecular weight excluding hydrogens is 314 g/mol. The van der Waals surface area contributed by atoms with E-state index < -0.39 is 17.5 Å². The third-order valence-electron chi connectivity index (χ3n) is 3.54. The first-order valence-corrected chi connectivity index (χ1v) is 7.21. The normalized spacial score (nSPS) is 10.7. The van der Waals surface area contributed by atoms with E-state index in [2.05, 4.69) is 15.6 Å². The number of benzene rings is 2. The van der Waals surface area contributed by atoms with Crippen molar-refractivity contribution in [3.05, 3.63) is 71.1 Å². The largest absolute Gasteiger partial charge is 0.318 e. The zero-order chi connectivity index (χ0) is 17.3. The number of hydrogen-bond acceptors (Lipinski definition) is 3. The summed E-state index contributed by atoms with van der Waals surface area (Å²) in [5, 5.41) is 10.2. The van der Waals surface area contributed by atoms with Crippen LogP contribution in [-0.4, -0.2) is 20.9 Å². The summed E-state index contributed by atoms with van der Waals surface area (Å²) in [7, 11) is 0. The van der Waals surface area contributed by atoms with Crippen molar-refractivity contribution in [3.8, 4) is 5.69 Å². The molecule has 122 valence electrons. The summed E-state index contributed by atoms with van der Waals surface area (Å²) < 4.78 is 28.1. The van der Waals surface area contributed by atoms with Gasteiger partial charge in [0.15, 0.2) is 5.69 Å². The molecule has 0 aliphatic rings. The molecule has 0 saturated carbocycles. The predicted octanol–water partition coefficient (Wildman–Crippen LogP) is 3.41. The second kappa shape index (κ2) is 6.19. The summed E-state index contributed by atoms with van der Waals surface area (Å²) in [5.41, 5.74) is 2.28. The Balaban J connectivity index is 1.89. The number of carbonyl (C=O) groups is 1. The van der Waals surface area contributed by atoms with Crippen molar-refractivity contribution in [2.75, 3.05) is 5.32 Å². The number of aryl methyl sites for hydroxylation is 1. The van der Waals surface area contributed by atoms with E-state index in [4.69, 9.17) is 0 Å². The molecule has 1 amide bonds. The Bertz CT molecular complexity index is 921. The fourth-order valence-electron chi connectivity index (χ4n) is 2.32. The number of nitrogens with one attached hydrogen (secondary N) is 1. The van der Waals surface area contributed by atoms with Gasteiger partial charge in [-0.25, -0.2) is 13.5 Å². The summed E-state index contributed by atoms with van der Waals surface area (Å²) in [6, 6.07) is 10.5. The van der Waals surface area contributed by atoms with Gasteiger partial charge in [0, 0.05) is 6.07 Å². The van der Waals surface area contributed by atoms with E-state index in [1.54, 1.807) is 6.92 Å². The Hall–Kier alpha value is -3.09. The molecule has 7 heteroatoms. The molecule has 0 atom stereocenters. The first-order chi connectivity index (χ1) is 11.5. The highest BCUT2D eigenvalue weighted by Gasteiger charge is 2.18. The molecule has 0 bridgehead atoms. The summed E-state index contributed by atoms with van der Waals surface area (Å²) in [4.78, 5) is 12.3. The average Bonchev–Trinajstić information content (AvgIpc) is 2.92. The topological polar surface area (TPSA) is 59.8 Å².